The van der Waals surface area contributed by atoms with Crippen LogP contribution in [0.5, 0.6) is 0 Å². The monoisotopic (exact) mass is 289 g/mol. The first-order chi connectivity index (χ1) is 9.97. The number of aromatic amines is 1. The summed E-state index contributed by atoms with van der Waals surface area (Å²) in [5, 5.41) is 0.240. The lowest BCUT2D eigenvalue weighted by molar-refractivity contribution is -0.141. The molecule has 0 saturated carbocycles. The van der Waals surface area contributed by atoms with Crippen LogP contribution < -0.4 is 5.43 Å². The van der Waals surface area contributed by atoms with E-state index in [0.29, 0.717) is 11.6 Å². The summed E-state index contributed by atoms with van der Waals surface area (Å²) in [5.74, 6) is 0. The second-order valence-corrected chi connectivity index (χ2v) is 4.64. The standard InChI is InChI=1S/C16H10F3NO/c17-16(18,19)14-9-13(21)12-8-4-7-11(15(12)20-14)10-5-2-1-3-6-10/h1-9H,(H,20,21). The highest BCUT2D eigenvalue weighted by molar-refractivity contribution is 5.93. The lowest BCUT2D eigenvalue weighted by atomic mass is 10.0. The van der Waals surface area contributed by atoms with Crippen molar-refractivity contribution in [3.63, 3.8) is 0 Å². The topological polar surface area (TPSA) is 32.9 Å². The molecule has 0 radical (unpaired) electrons. The molecule has 0 spiro atoms. The van der Waals surface area contributed by atoms with Gasteiger partial charge in [-0.2, -0.15) is 13.2 Å². The summed E-state index contributed by atoms with van der Waals surface area (Å²) in [6.45, 7) is 0. The highest BCUT2D eigenvalue weighted by Crippen LogP contribution is 2.31. The van der Waals surface area contributed by atoms with Crippen molar-refractivity contribution >= 4 is 10.9 Å². The summed E-state index contributed by atoms with van der Waals surface area (Å²) in [7, 11) is 0. The maximum Gasteiger partial charge on any atom is 0.431 e. The van der Waals surface area contributed by atoms with Crippen molar-refractivity contribution in [1.29, 1.82) is 0 Å². The van der Waals surface area contributed by atoms with Crippen molar-refractivity contribution in [2.45, 2.75) is 6.18 Å². The number of alkyl halides is 3. The van der Waals surface area contributed by atoms with Gasteiger partial charge < -0.3 is 4.98 Å². The van der Waals surface area contributed by atoms with E-state index in [2.05, 4.69) is 4.98 Å². The maximum atomic E-state index is 12.9. The molecule has 0 saturated heterocycles. The van der Waals surface area contributed by atoms with Crippen LogP contribution >= 0.6 is 0 Å². The summed E-state index contributed by atoms with van der Waals surface area (Å²) in [4.78, 5) is 14.3. The second-order valence-electron chi connectivity index (χ2n) is 4.64. The van der Waals surface area contributed by atoms with Gasteiger partial charge in [-0.05, 0) is 11.6 Å². The second kappa shape index (κ2) is 4.77. The third-order valence-electron chi connectivity index (χ3n) is 3.26. The molecule has 5 heteroatoms. The quantitative estimate of drug-likeness (QED) is 0.715. The average Bonchev–Trinajstić information content (AvgIpc) is 2.46. The minimum atomic E-state index is -4.59. The van der Waals surface area contributed by atoms with Crippen LogP contribution in [-0.2, 0) is 6.18 Å². The first-order valence-corrected chi connectivity index (χ1v) is 6.25. The first-order valence-electron chi connectivity index (χ1n) is 6.25. The molecule has 3 rings (SSSR count). The summed E-state index contributed by atoms with van der Waals surface area (Å²) in [5.41, 5.74) is -0.171. The van der Waals surface area contributed by atoms with E-state index >= 15 is 0 Å². The Kier molecular flexibility index (Phi) is 3.05. The minimum absolute atomic E-state index is 0.198. The van der Waals surface area contributed by atoms with E-state index in [1.807, 2.05) is 6.07 Å². The Labute approximate surface area is 117 Å². The number of hydrogen-bond donors (Lipinski definition) is 1. The normalized spacial score (nSPS) is 11.8. The van der Waals surface area contributed by atoms with Gasteiger partial charge in [-0.25, -0.2) is 0 Å². The van der Waals surface area contributed by atoms with Crippen LogP contribution in [-0.4, -0.2) is 4.98 Å². The number of nitrogens with one attached hydrogen (secondary N) is 1. The Bertz CT molecular complexity index is 851. The molecule has 2 nitrogen and oxygen atoms in total. The summed E-state index contributed by atoms with van der Waals surface area (Å²) in [6.07, 6.45) is -4.59. The number of halogens is 3. The Morgan fingerprint density at radius 3 is 2.29 bits per heavy atom. The number of benzene rings is 2. The largest absolute Gasteiger partial charge is 0.431 e. The van der Waals surface area contributed by atoms with Crippen LogP contribution in [0.4, 0.5) is 13.2 Å². The van der Waals surface area contributed by atoms with E-state index < -0.39 is 17.3 Å². The molecule has 1 heterocycles. The number of fused-ring (bicyclic) bond motifs is 1. The van der Waals surface area contributed by atoms with E-state index in [4.69, 9.17) is 0 Å². The molecule has 2 aromatic carbocycles. The molecular formula is C16H10F3NO. The predicted octanol–water partition coefficient (Wildman–Crippen LogP) is 4.21. The zero-order chi connectivity index (χ0) is 15.0. The van der Waals surface area contributed by atoms with Gasteiger partial charge in [0.1, 0.15) is 5.69 Å². The summed E-state index contributed by atoms with van der Waals surface area (Å²) >= 11 is 0. The highest BCUT2D eigenvalue weighted by Gasteiger charge is 2.32. The smallest absolute Gasteiger partial charge is 0.350 e. The van der Waals surface area contributed by atoms with Crippen LogP contribution in [0.1, 0.15) is 5.69 Å². The van der Waals surface area contributed by atoms with Gasteiger partial charge in [0.2, 0.25) is 0 Å². The maximum absolute atomic E-state index is 12.9. The van der Waals surface area contributed by atoms with Gasteiger partial charge in [0.05, 0.1) is 5.52 Å². The van der Waals surface area contributed by atoms with Crippen molar-refractivity contribution < 1.29 is 13.2 Å². The van der Waals surface area contributed by atoms with Crippen LogP contribution in [0.3, 0.4) is 0 Å². The van der Waals surface area contributed by atoms with Gasteiger partial charge in [0.25, 0.3) is 0 Å². The zero-order valence-electron chi connectivity index (χ0n) is 10.7. The molecule has 1 N–H and O–H groups in total. The zero-order valence-corrected chi connectivity index (χ0v) is 10.7. The lowest BCUT2D eigenvalue weighted by Gasteiger charge is -2.11. The predicted molar refractivity (Wildman–Crippen MR) is 75.0 cm³/mol. The molecule has 0 atom stereocenters. The van der Waals surface area contributed by atoms with Gasteiger partial charge in [-0.1, -0.05) is 42.5 Å². The molecule has 0 bridgehead atoms. The molecule has 0 aliphatic carbocycles. The number of para-hydroxylation sites is 1. The molecule has 0 aliphatic rings. The third kappa shape index (κ3) is 2.42. The van der Waals surface area contributed by atoms with Gasteiger partial charge in [-0.3, -0.25) is 4.79 Å². The van der Waals surface area contributed by atoms with Crippen LogP contribution in [0.2, 0.25) is 0 Å². The molecule has 106 valence electrons. The Balaban J connectivity index is 2.37. The fourth-order valence-corrected chi connectivity index (χ4v) is 2.28. The lowest BCUT2D eigenvalue weighted by Crippen LogP contribution is -2.14. The van der Waals surface area contributed by atoms with Gasteiger partial charge in [0.15, 0.2) is 5.43 Å². The molecule has 21 heavy (non-hydrogen) atoms. The van der Waals surface area contributed by atoms with Gasteiger partial charge in [0, 0.05) is 17.0 Å². The Hall–Kier alpha value is -2.56. The summed E-state index contributed by atoms with van der Waals surface area (Å²) < 4.78 is 38.6. The third-order valence-corrected chi connectivity index (χ3v) is 3.26. The fraction of sp³-hybridized carbons (Fsp3) is 0.0625. The Morgan fingerprint density at radius 2 is 1.62 bits per heavy atom. The highest BCUT2D eigenvalue weighted by atomic mass is 19.4. The molecule has 1 aromatic heterocycles. The number of aromatic nitrogens is 1. The number of hydrogen-bond acceptors (Lipinski definition) is 1. The number of rotatable bonds is 1. The van der Waals surface area contributed by atoms with Crippen molar-refractivity contribution in [3.8, 4) is 11.1 Å². The van der Waals surface area contributed by atoms with E-state index in [-0.39, 0.29) is 10.9 Å². The minimum Gasteiger partial charge on any atom is -0.350 e. The van der Waals surface area contributed by atoms with Crippen LogP contribution in [0.15, 0.2) is 59.4 Å². The molecule has 0 unspecified atom stereocenters. The average molecular weight is 289 g/mol. The van der Waals surface area contributed by atoms with Crippen molar-refractivity contribution in [3.05, 3.63) is 70.5 Å². The molecule has 3 aromatic rings. The van der Waals surface area contributed by atoms with Crippen molar-refractivity contribution in [2.24, 2.45) is 0 Å². The van der Waals surface area contributed by atoms with E-state index in [1.165, 1.54) is 6.07 Å². The van der Waals surface area contributed by atoms with E-state index in [0.717, 1.165) is 5.56 Å². The van der Waals surface area contributed by atoms with Crippen molar-refractivity contribution in [1.82, 2.24) is 4.98 Å². The molecular weight excluding hydrogens is 279 g/mol. The molecule has 0 aliphatic heterocycles. The molecule has 0 amide bonds. The van der Waals surface area contributed by atoms with Crippen LogP contribution in [0, 0.1) is 0 Å². The Morgan fingerprint density at radius 1 is 0.905 bits per heavy atom. The van der Waals surface area contributed by atoms with Crippen molar-refractivity contribution in [2.75, 3.05) is 0 Å². The van der Waals surface area contributed by atoms with E-state index in [1.54, 1.807) is 36.4 Å². The van der Waals surface area contributed by atoms with Crippen LogP contribution in [0.25, 0.3) is 22.0 Å². The SMILES string of the molecule is O=c1cc(C(F)(F)F)[nH]c2c(-c3ccccc3)cccc12. The summed E-state index contributed by atoms with van der Waals surface area (Å²) in [6, 6.07) is 14.4. The van der Waals surface area contributed by atoms with Gasteiger partial charge in [-0.15, -0.1) is 0 Å². The van der Waals surface area contributed by atoms with E-state index in [9.17, 15) is 18.0 Å². The first kappa shape index (κ1) is 13.4. The number of H-pyrrole nitrogens is 1. The van der Waals surface area contributed by atoms with Gasteiger partial charge >= 0.3 is 6.18 Å². The number of pyridine rings is 1. The fourth-order valence-electron chi connectivity index (χ4n) is 2.28. The molecule has 0 fully saturated rings.